The van der Waals surface area contributed by atoms with Gasteiger partial charge in [-0.3, -0.25) is 14.1 Å². The second-order valence-electron chi connectivity index (χ2n) is 9.74. The average Bonchev–Trinajstić information content (AvgIpc) is 2.65. The summed E-state index contributed by atoms with van der Waals surface area (Å²) in [5.74, 6) is -2.77. The summed E-state index contributed by atoms with van der Waals surface area (Å²) >= 11 is 0. The Kier molecular flexibility index (Phi) is 13.0. The fraction of sp³-hybridized carbons (Fsp3) is 0.875. The number of carboxylic acids is 2. The highest BCUT2D eigenvalue weighted by molar-refractivity contribution is 5.82. The lowest BCUT2D eigenvalue weighted by Gasteiger charge is -2.56. The molecule has 0 aromatic rings. The van der Waals surface area contributed by atoms with E-state index in [4.69, 9.17) is 0 Å². The van der Waals surface area contributed by atoms with Crippen LogP contribution in [0.3, 0.4) is 0 Å². The molecule has 0 aliphatic heterocycles. The second-order valence-corrected chi connectivity index (χ2v) is 9.74. The Morgan fingerprint density at radius 3 is 1.77 bits per heavy atom. The van der Waals surface area contributed by atoms with Gasteiger partial charge < -0.3 is 20.3 Å². The summed E-state index contributed by atoms with van der Waals surface area (Å²) in [4.78, 5) is 36.1. The van der Waals surface area contributed by atoms with Crippen molar-refractivity contribution in [1.29, 1.82) is 0 Å². The molecule has 31 heavy (non-hydrogen) atoms. The number of aliphatic carboxylic acids is 2. The quantitative estimate of drug-likeness (QED) is 0.192. The molecule has 2 unspecified atom stereocenters. The molecule has 2 N–H and O–H groups in total. The Labute approximate surface area is 189 Å². The van der Waals surface area contributed by atoms with E-state index in [1.165, 1.54) is 45.4 Å². The van der Waals surface area contributed by atoms with E-state index in [-0.39, 0.29) is 10.4 Å². The van der Waals surface area contributed by atoms with Gasteiger partial charge in [0.2, 0.25) is 5.91 Å². The summed E-state index contributed by atoms with van der Waals surface area (Å²) in [7, 11) is 3.32. The Hall–Kier alpha value is -1.63. The van der Waals surface area contributed by atoms with Gasteiger partial charge in [0.1, 0.15) is 17.9 Å². The molecule has 2 atom stereocenters. The van der Waals surface area contributed by atoms with Crippen LogP contribution in [0.1, 0.15) is 111 Å². The largest absolute Gasteiger partial charge is 0.544 e. The van der Waals surface area contributed by atoms with E-state index in [0.717, 1.165) is 19.3 Å². The van der Waals surface area contributed by atoms with Crippen molar-refractivity contribution in [2.24, 2.45) is 0 Å². The molecule has 0 saturated heterocycles. The van der Waals surface area contributed by atoms with E-state index in [9.17, 15) is 24.6 Å². The number of hydrogen-bond acceptors (Lipinski definition) is 4. The third kappa shape index (κ3) is 8.79. The third-order valence-electron chi connectivity index (χ3n) is 7.06. The lowest BCUT2D eigenvalue weighted by molar-refractivity contribution is -0.980. The van der Waals surface area contributed by atoms with Crippen LogP contribution >= 0.6 is 0 Å². The van der Waals surface area contributed by atoms with Crippen molar-refractivity contribution >= 4 is 17.8 Å². The first-order chi connectivity index (χ1) is 14.4. The zero-order valence-electron chi connectivity index (χ0n) is 20.7. The Morgan fingerprint density at radius 1 is 0.871 bits per heavy atom. The van der Waals surface area contributed by atoms with Crippen LogP contribution in [0.25, 0.3) is 0 Å². The van der Waals surface area contributed by atoms with E-state index < -0.39 is 29.6 Å². The summed E-state index contributed by atoms with van der Waals surface area (Å²) in [5.41, 5.74) is -2.63. The van der Waals surface area contributed by atoms with Gasteiger partial charge in [-0.25, -0.2) is 0 Å². The van der Waals surface area contributed by atoms with Crippen molar-refractivity contribution in [3.63, 3.8) is 0 Å². The van der Waals surface area contributed by atoms with E-state index in [2.05, 4.69) is 12.2 Å². The minimum absolute atomic E-state index is 0.124. The molecular weight excluding hydrogens is 396 g/mol. The molecule has 182 valence electrons. The van der Waals surface area contributed by atoms with Crippen LogP contribution in [-0.4, -0.2) is 52.7 Å². The molecule has 0 radical (unpaired) electrons. The van der Waals surface area contributed by atoms with Crippen LogP contribution in [0.4, 0.5) is 0 Å². The lowest BCUT2D eigenvalue weighted by atomic mass is 9.87. The summed E-state index contributed by atoms with van der Waals surface area (Å²) in [6.45, 7) is 7.35. The predicted molar refractivity (Wildman–Crippen MR) is 121 cm³/mol. The standard InChI is InChI=1S/C24H46N2O5/c1-7-9-10-11-12-13-14-15-16-17-20(27)25-24(4,18-8-2)26(5,6)23(3,22(30)31)19-21(28)29/h7-19H2,1-6H3,(H2-,25,27,28,29,30,31). The SMILES string of the molecule is CCCCCCCCCCCC(=O)NC(C)(CCC)[N+](C)(C)C(C)(CC(=O)O)C(=O)[O-]. The minimum atomic E-state index is -1.69. The molecule has 1 amide bonds. The number of rotatable bonds is 18. The summed E-state index contributed by atoms with van der Waals surface area (Å²) in [5, 5.41) is 24.3. The zero-order chi connectivity index (χ0) is 24.1. The van der Waals surface area contributed by atoms with Gasteiger partial charge in [-0.05, 0) is 19.8 Å². The number of carboxylic acid groups (broad SMARTS) is 2. The zero-order valence-corrected chi connectivity index (χ0v) is 20.7. The first kappa shape index (κ1) is 29.4. The highest BCUT2D eigenvalue weighted by Gasteiger charge is 2.55. The van der Waals surface area contributed by atoms with Gasteiger partial charge in [-0.1, -0.05) is 65.2 Å². The van der Waals surface area contributed by atoms with Crippen molar-refractivity contribution in [2.75, 3.05) is 14.1 Å². The molecule has 0 fully saturated rings. The number of carbonyl (C=O) groups is 3. The number of amides is 1. The second kappa shape index (κ2) is 13.7. The topological polar surface area (TPSA) is 107 Å². The van der Waals surface area contributed by atoms with Gasteiger partial charge >= 0.3 is 5.97 Å². The van der Waals surface area contributed by atoms with Crippen LogP contribution in [0.2, 0.25) is 0 Å². The van der Waals surface area contributed by atoms with Crippen molar-refractivity contribution in [1.82, 2.24) is 5.32 Å². The minimum Gasteiger partial charge on any atom is -0.544 e. The number of quaternary nitrogens is 1. The van der Waals surface area contributed by atoms with Gasteiger partial charge in [0.15, 0.2) is 5.66 Å². The van der Waals surface area contributed by atoms with Crippen LogP contribution in [-0.2, 0) is 14.4 Å². The van der Waals surface area contributed by atoms with Gasteiger partial charge in [0, 0.05) is 19.8 Å². The molecule has 7 nitrogen and oxygen atoms in total. The normalized spacial score (nSPS) is 15.7. The molecule has 7 heteroatoms. The molecule has 0 rings (SSSR count). The van der Waals surface area contributed by atoms with E-state index in [1.54, 1.807) is 21.0 Å². The van der Waals surface area contributed by atoms with Crippen molar-refractivity contribution in [2.45, 2.75) is 122 Å². The number of nitrogens with zero attached hydrogens (tertiary/aromatic N) is 1. The van der Waals surface area contributed by atoms with Crippen LogP contribution in [0.5, 0.6) is 0 Å². The average molecular weight is 443 g/mol. The van der Waals surface area contributed by atoms with Crippen molar-refractivity contribution in [3.8, 4) is 0 Å². The molecule has 0 aromatic heterocycles. The van der Waals surface area contributed by atoms with E-state index >= 15 is 0 Å². The van der Waals surface area contributed by atoms with Gasteiger partial charge in [-0.2, -0.15) is 0 Å². The molecule has 0 aromatic carbocycles. The molecule has 0 spiro atoms. The lowest BCUT2D eigenvalue weighted by Crippen LogP contribution is -2.78. The predicted octanol–water partition coefficient (Wildman–Crippen LogP) is 3.60. The van der Waals surface area contributed by atoms with E-state index in [1.807, 2.05) is 6.92 Å². The molecular formula is C24H46N2O5. The maximum atomic E-state index is 12.7. The van der Waals surface area contributed by atoms with Crippen molar-refractivity contribution in [3.05, 3.63) is 0 Å². The van der Waals surface area contributed by atoms with Gasteiger partial charge in [-0.15, -0.1) is 0 Å². The first-order valence-corrected chi connectivity index (χ1v) is 12.0. The van der Waals surface area contributed by atoms with Crippen LogP contribution < -0.4 is 10.4 Å². The van der Waals surface area contributed by atoms with Crippen LogP contribution in [0.15, 0.2) is 0 Å². The molecule has 0 aliphatic rings. The molecule has 0 bridgehead atoms. The fourth-order valence-corrected chi connectivity index (χ4v) is 4.26. The first-order valence-electron chi connectivity index (χ1n) is 12.0. The Bertz CT molecular complexity index is 578. The molecule has 0 heterocycles. The smallest absolute Gasteiger partial charge is 0.310 e. The fourth-order valence-electron chi connectivity index (χ4n) is 4.26. The number of likely N-dealkylation sites (N-methyl/N-ethyl adjacent to an activating group) is 1. The number of carbonyl (C=O) groups excluding carboxylic acids is 2. The number of nitrogens with one attached hydrogen (secondary N) is 1. The van der Waals surface area contributed by atoms with Gasteiger partial charge in [0.25, 0.3) is 0 Å². The maximum absolute atomic E-state index is 12.7. The number of hydrogen-bond donors (Lipinski definition) is 2. The monoisotopic (exact) mass is 442 g/mol. The molecule has 0 aliphatic carbocycles. The summed E-state index contributed by atoms with van der Waals surface area (Å²) < 4.78 is -0.216. The third-order valence-corrected chi connectivity index (χ3v) is 7.06. The maximum Gasteiger partial charge on any atom is 0.310 e. The van der Waals surface area contributed by atoms with Crippen molar-refractivity contribution < 1.29 is 29.1 Å². The Morgan fingerprint density at radius 2 is 1.35 bits per heavy atom. The highest BCUT2D eigenvalue weighted by Crippen LogP contribution is 2.35. The summed E-state index contributed by atoms with van der Waals surface area (Å²) in [6, 6.07) is 0. The highest BCUT2D eigenvalue weighted by atomic mass is 16.4. The van der Waals surface area contributed by atoms with E-state index in [0.29, 0.717) is 19.3 Å². The molecule has 0 saturated carbocycles. The number of unbranched alkanes of at least 4 members (excludes halogenated alkanes) is 8. The summed E-state index contributed by atoms with van der Waals surface area (Å²) in [6.07, 6.45) is 11.5. The Balaban J connectivity index is 4.94. The van der Waals surface area contributed by atoms with Crippen LogP contribution in [0, 0.1) is 0 Å². The van der Waals surface area contributed by atoms with Gasteiger partial charge in [0.05, 0.1) is 14.1 Å².